The lowest BCUT2D eigenvalue weighted by atomic mass is 10.3. The van der Waals surface area contributed by atoms with Crippen molar-refractivity contribution in [2.45, 2.75) is 6.42 Å². The van der Waals surface area contributed by atoms with Gasteiger partial charge >= 0.3 is 0 Å². The number of aliphatic hydroxyl groups excluding tert-OH is 1. The van der Waals surface area contributed by atoms with E-state index in [1.54, 1.807) is 17.5 Å². The molecular formula is C13H14N4OS. The summed E-state index contributed by atoms with van der Waals surface area (Å²) in [5, 5.41) is 16.2. The highest BCUT2D eigenvalue weighted by Crippen LogP contribution is 2.24. The van der Waals surface area contributed by atoms with E-state index in [4.69, 9.17) is 5.11 Å². The van der Waals surface area contributed by atoms with Crippen molar-refractivity contribution in [3.05, 3.63) is 35.4 Å². The van der Waals surface area contributed by atoms with E-state index in [9.17, 15) is 0 Å². The molecule has 0 bridgehead atoms. The predicted octanol–water partition coefficient (Wildman–Crippen LogP) is 2.25. The summed E-state index contributed by atoms with van der Waals surface area (Å²) in [6.07, 6.45) is 6.22. The predicted molar refractivity (Wildman–Crippen MR) is 76.5 cm³/mol. The van der Waals surface area contributed by atoms with Gasteiger partial charge in [-0.25, -0.2) is 9.97 Å². The molecule has 3 heterocycles. The summed E-state index contributed by atoms with van der Waals surface area (Å²) < 4.78 is 2.02. The molecule has 19 heavy (non-hydrogen) atoms. The quantitative estimate of drug-likeness (QED) is 0.701. The molecule has 0 unspecified atom stereocenters. The maximum absolute atomic E-state index is 8.81. The highest BCUT2D eigenvalue weighted by Gasteiger charge is 2.09. The summed E-state index contributed by atoms with van der Waals surface area (Å²) in [5.74, 6) is 0.748. The van der Waals surface area contributed by atoms with Crippen molar-refractivity contribution < 1.29 is 5.11 Å². The van der Waals surface area contributed by atoms with Crippen LogP contribution in [-0.2, 0) is 0 Å². The van der Waals surface area contributed by atoms with Crippen LogP contribution >= 0.6 is 11.3 Å². The molecule has 0 aliphatic heterocycles. The fourth-order valence-corrected chi connectivity index (χ4v) is 2.60. The second-order valence-corrected chi connectivity index (χ2v) is 4.91. The Morgan fingerprint density at radius 2 is 2.32 bits per heavy atom. The molecule has 0 atom stereocenters. The largest absolute Gasteiger partial charge is 0.396 e. The van der Waals surface area contributed by atoms with Crippen molar-refractivity contribution in [1.29, 1.82) is 0 Å². The maximum Gasteiger partial charge on any atom is 0.180 e. The standard InChI is InChI=1S/C13H14N4OS/c18-6-1-3-14-12-13-16-8-11(10-2-7-19-9-10)17(13)5-4-15-12/h2,4-5,7-9,18H,1,3,6H2,(H,14,15). The zero-order valence-corrected chi connectivity index (χ0v) is 11.1. The molecule has 0 aliphatic carbocycles. The van der Waals surface area contributed by atoms with Crippen LogP contribution in [0.5, 0.6) is 0 Å². The summed E-state index contributed by atoms with van der Waals surface area (Å²) in [6.45, 7) is 0.856. The van der Waals surface area contributed by atoms with Crippen LogP contribution in [0.1, 0.15) is 6.42 Å². The van der Waals surface area contributed by atoms with Crippen LogP contribution in [0.15, 0.2) is 35.4 Å². The Hall–Kier alpha value is -1.92. The van der Waals surface area contributed by atoms with Gasteiger partial charge in [0, 0.05) is 36.5 Å². The Labute approximate surface area is 114 Å². The molecule has 2 N–H and O–H groups in total. The number of aromatic nitrogens is 3. The summed E-state index contributed by atoms with van der Waals surface area (Å²) in [6, 6.07) is 2.08. The van der Waals surface area contributed by atoms with E-state index in [0.717, 1.165) is 22.7 Å². The molecule has 6 heteroatoms. The van der Waals surface area contributed by atoms with Gasteiger partial charge < -0.3 is 10.4 Å². The highest BCUT2D eigenvalue weighted by atomic mass is 32.1. The molecule has 3 aromatic rings. The van der Waals surface area contributed by atoms with Gasteiger partial charge in [0.1, 0.15) is 0 Å². The Morgan fingerprint density at radius 3 is 3.11 bits per heavy atom. The van der Waals surface area contributed by atoms with Crippen LogP contribution in [0.25, 0.3) is 16.9 Å². The third kappa shape index (κ3) is 2.32. The van der Waals surface area contributed by atoms with Crippen molar-refractivity contribution in [3.8, 4) is 11.3 Å². The average molecular weight is 274 g/mol. The molecule has 3 rings (SSSR count). The molecule has 0 aliphatic rings. The number of rotatable bonds is 5. The van der Waals surface area contributed by atoms with E-state index in [0.29, 0.717) is 13.0 Å². The number of imidazole rings is 1. The zero-order chi connectivity index (χ0) is 13.1. The van der Waals surface area contributed by atoms with Crippen LogP contribution in [0.4, 0.5) is 5.82 Å². The van der Waals surface area contributed by atoms with Crippen LogP contribution in [-0.4, -0.2) is 32.6 Å². The molecule has 5 nitrogen and oxygen atoms in total. The Balaban J connectivity index is 1.98. The topological polar surface area (TPSA) is 62.5 Å². The minimum Gasteiger partial charge on any atom is -0.396 e. The molecule has 0 spiro atoms. The molecule has 0 amide bonds. The lowest BCUT2D eigenvalue weighted by Crippen LogP contribution is -2.06. The van der Waals surface area contributed by atoms with E-state index in [-0.39, 0.29) is 6.61 Å². The lowest BCUT2D eigenvalue weighted by molar-refractivity contribution is 0.292. The molecule has 0 saturated heterocycles. The molecule has 0 aromatic carbocycles. The van der Waals surface area contributed by atoms with E-state index in [1.807, 2.05) is 16.8 Å². The van der Waals surface area contributed by atoms with Crippen molar-refractivity contribution in [3.63, 3.8) is 0 Å². The summed E-state index contributed by atoms with van der Waals surface area (Å²) in [7, 11) is 0. The second kappa shape index (κ2) is 5.38. The van der Waals surface area contributed by atoms with Crippen molar-refractivity contribution in [1.82, 2.24) is 14.4 Å². The molecule has 0 fully saturated rings. The highest BCUT2D eigenvalue weighted by molar-refractivity contribution is 7.08. The number of nitrogens with one attached hydrogen (secondary N) is 1. The van der Waals surface area contributed by atoms with Crippen molar-refractivity contribution in [2.75, 3.05) is 18.5 Å². The number of anilines is 1. The van der Waals surface area contributed by atoms with Crippen LogP contribution < -0.4 is 5.32 Å². The Morgan fingerprint density at radius 1 is 1.37 bits per heavy atom. The van der Waals surface area contributed by atoms with Crippen molar-refractivity contribution >= 4 is 22.8 Å². The average Bonchev–Trinajstić information content (AvgIpc) is 3.07. The minimum absolute atomic E-state index is 0.171. The van der Waals surface area contributed by atoms with E-state index < -0.39 is 0 Å². The van der Waals surface area contributed by atoms with Gasteiger partial charge in [0.2, 0.25) is 0 Å². The summed E-state index contributed by atoms with van der Waals surface area (Å²) in [5.41, 5.74) is 3.02. The summed E-state index contributed by atoms with van der Waals surface area (Å²) >= 11 is 1.67. The zero-order valence-electron chi connectivity index (χ0n) is 10.3. The molecule has 98 valence electrons. The number of thiophene rings is 1. The van der Waals surface area contributed by atoms with Gasteiger partial charge in [0.05, 0.1) is 11.9 Å². The normalized spacial score (nSPS) is 11.0. The smallest absolute Gasteiger partial charge is 0.180 e. The van der Waals surface area contributed by atoms with Gasteiger partial charge in [-0.3, -0.25) is 4.40 Å². The Kier molecular flexibility index (Phi) is 3.43. The maximum atomic E-state index is 8.81. The number of aliphatic hydroxyl groups is 1. The van der Waals surface area contributed by atoms with Crippen LogP contribution in [0.2, 0.25) is 0 Å². The number of hydrogen-bond acceptors (Lipinski definition) is 5. The first-order chi connectivity index (χ1) is 9.40. The van der Waals surface area contributed by atoms with Gasteiger partial charge in [-0.05, 0) is 17.9 Å². The van der Waals surface area contributed by atoms with Gasteiger partial charge in [-0.1, -0.05) is 0 Å². The number of fused-ring (bicyclic) bond motifs is 1. The monoisotopic (exact) mass is 274 g/mol. The fourth-order valence-electron chi connectivity index (χ4n) is 1.95. The first-order valence-electron chi connectivity index (χ1n) is 6.09. The first-order valence-corrected chi connectivity index (χ1v) is 7.04. The fraction of sp³-hybridized carbons (Fsp3) is 0.231. The number of nitrogens with zero attached hydrogens (tertiary/aromatic N) is 3. The van der Waals surface area contributed by atoms with Crippen molar-refractivity contribution in [2.24, 2.45) is 0 Å². The van der Waals surface area contributed by atoms with Gasteiger partial charge in [0.25, 0.3) is 0 Å². The SMILES string of the molecule is OCCCNc1nccn2c(-c3ccsc3)cnc12. The lowest BCUT2D eigenvalue weighted by Gasteiger charge is -2.06. The molecule has 3 aromatic heterocycles. The third-order valence-electron chi connectivity index (χ3n) is 2.87. The van der Waals surface area contributed by atoms with E-state index >= 15 is 0 Å². The molecule has 0 saturated carbocycles. The summed E-state index contributed by atoms with van der Waals surface area (Å²) in [4.78, 5) is 8.73. The van der Waals surface area contributed by atoms with Crippen LogP contribution in [0, 0.1) is 0 Å². The Bertz CT molecular complexity index is 662. The third-order valence-corrected chi connectivity index (χ3v) is 3.56. The number of hydrogen-bond donors (Lipinski definition) is 2. The van der Waals surface area contributed by atoms with E-state index in [1.165, 1.54) is 0 Å². The minimum atomic E-state index is 0.171. The van der Waals surface area contributed by atoms with E-state index in [2.05, 4.69) is 32.1 Å². The van der Waals surface area contributed by atoms with Crippen LogP contribution in [0.3, 0.4) is 0 Å². The second-order valence-electron chi connectivity index (χ2n) is 4.13. The molecular weight excluding hydrogens is 260 g/mol. The first kappa shape index (κ1) is 12.1. The van der Waals surface area contributed by atoms with Gasteiger partial charge in [0.15, 0.2) is 11.5 Å². The molecule has 0 radical (unpaired) electrons. The van der Waals surface area contributed by atoms with Gasteiger partial charge in [-0.2, -0.15) is 11.3 Å². The van der Waals surface area contributed by atoms with Gasteiger partial charge in [-0.15, -0.1) is 0 Å².